The van der Waals surface area contributed by atoms with Crippen molar-refractivity contribution in [1.29, 1.82) is 0 Å². The Bertz CT molecular complexity index is 362. The van der Waals surface area contributed by atoms with Crippen molar-refractivity contribution in [2.24, 2.45) is 5.73 Å². The molecule has 16 heavy (non-hydrogen) atoms. The third-order valence-electron chi connectivity index (χ3n) is 1.88. The number of rotatable bonds is 2. The summed E-state index contributed by atoms with van der Waals surface area (Å²) in [7, 11) is 0. The second kappa shape index (κ2) is 4.25. The topological polar surface area (TPSA) is 38.9 Å². The fourth-order valence-electron chi connectivity index (χ4n) is 0.957. The minimum absolute atomic E-state index is 0.318. The summed E-state index contributed by atoms with van der Waals surface area (Å²) in [6.45, 7) is 0. The highest BCUT2D eigenvalue weighted by Crippen LogP contribution is 2.43. The van der Waals surface area contributed by atoms with E-state index in [1.165, 1.54) is 6.07 Å². The normalized spacial score (nSPS) is 14.9. The van der Waals surface area contributed by atoms with E-state index in [-0.39, 0.29) is 5.56 Å². The van der Waals surface area contributed by atoms with Gasteiger partial charge in [0.2, 0.25) is 0 Å². The van der Waals surface area contributed by atoms with Crippen LogP contribution in [0.2, 0.25) is 0 Å². The van der Waals surface area contributed by atoms with E-state index in [1.807, 2.05) is 0 Å². The van der Waals surface area contributed by atoms with Crippen molar-refractivity contribution in [1.82, 2.24) is 4.98 Å². The fraction of sp³-hybridized carbons (Fsp3) is 0.375. The van der Waals surface area contributed by atoms with Crippen molar-refractivity contribution in [3.8, 4) is 0 Å². The maximum atomic E-state index is 12.8. The van der Waals surface area contributed by atoms with Crippen LogP contribution in [0.25, 0.3) is 0 Å². The summed E-state index contributed by atoms with van der Waals surface area (Å²) in [4.78, 5) is 3.53. The zero-order chi connectivity index (χ0) is 12.6. The highest BCUT2D eigenvalue weighted by atomic mass is 79.9. The first kappa shape index (κ1) is 13.3. The molecule has 1 atom stereocenters. The molecule has 0 bridgehead atoms. The van der Waals surface area contributed by atoms with E-state index < -0.39 is 18.1 Å². The molecule has 1 heterocycles. The molecule has 0 fully saturated rings. The molecule has 1 rings (SSSR count). The molecule has 0 aromatic carbocycles. The van der Waals surface area contributed by atoms with Gasteiger partial charge in [-0.25, -0.2) is 4.98 Å². The Morgan fingerprint density at radius 2 is 1.75 bits per heavy atom. The minimum Gasteiger partial charge on any atom is -0.319 e. The second-order valence-corrected chi connectivity index (χ2v) is 3.83. The smallest absolute Gasteiger partial charge is 0.319 e. The van der Waals surface area contributed by atoms with E-state index >= 15 is 0 Å². The monoisotopic (exact) mass is 304 g/mol. The van der Waals surface area contributed by atoms with Crippen LogP contribution in [0, 0.1) is 0 Å². The van der Waals surface area contributed by atoms with Gasteiger partial charge in [0, 0.05) is 6.20 Å². The number of halogens is 6. The second-order valence-electron chi connectivity index (χ2n) is 3.01. The average Bonchev–Trinajstić information content (AvgIpc) is 2.16. The lowest BCUT2D eigenvalue weighted by Crippen LogP contribution is -2.45. The standard InChI is InChI=1S/C8H6BrF5N2/c9-5-2-1-4(3-16-5)6(15)7(10,11)8(12,13)14/h1-3,6H,15H2/t6-/m0/s1. The molecular formula is C8H6BrF5N2. The molecule has 0 aliphatic rings. The quantitative estimate of drug-likeness (QED) is 0.674. The van der Waals surface area contributed by atoms with Gasteiger partial charge in [-0.05, 0) is 27.6 Å². The van der Waals surface area contributed by atoms with Gasteiger partial charge in [0.05, 0.1) is 0 Å². The first-order valence-corrected chi connectivity index (χ1v) is 4.77. The van der Waals surface area contributed by atoms with Gasteiger partial charge in [-0.3, -0.25) is 0 Å². The summed E-state index contributed by atoms with van der Waals surface area (Å²) in [6, 6.07) is -0.170. The molecule has 0 unspecified atom stereocenters. The van der Waals surface area contributed by atoms with Crippen LogP contribution in [0.5, 0.6) is 0 Å². The molecule has 0 aliphatic heterocycles. The highest BCUT2D eigenvalue weighted by Gasteiger charge is 2.61. The minimum atomic E-state index is -5.68. The maximum Gasteiger partial charge on any atom is 0.455 e. The number of aromatic nitrogens is 1. The summed E-state index contributed by atoms with van der Waals surface area (Å²) < 4.78 is 61.9. The number of hydrogen-bond donors (Lipinski definition) is 1. The Kier molecular flexibility index (Phi) is 3.53. The van der Waals surface area contributed by atoms with E-state index in [2.05, 4.69) is 20.9 Å². The predicted molar refractivity (Wildman–Crippen MR) is 49.9 cm³/mol. The third kappa shape index (κ3) is 2.49. The van der Waals surface area contributed by atoms with E-state index in [1.54, 1.807) is 0 Å². The Labute approximate surface area is 95.8 Å². The molecule has 2 nitrogen and oxygen atoms in total. The third-order valence-corrected chi connectivity index (χ3v) is 2.35. The molecule has 0 saturated heterocycles. The SMILES string of the molecule is N[C@@H](c1ccc(Br)nc1)C(F)(F)C(F)(F)F. The zero-order valence-electron chi connectivity index (χ0n) is 7.60. The molecular weight excluding hydrogens is 299 g/mol. The lowest BCUT2D eigenvalue weighted by atomic mass is 10.0. The Morgan fingerprint density at radius 3 is 2.12 bits per heavy atom. The molecule has 0 saturated carbocycles. The Morgan fingerprint density at radius 1 is 1.19 bits per heavy atom. The van der Waals surface area contributed by atoms with Crippen LogP contribution < -0.4 is 5.73 Å². The number of pyridine rings is 1. The summed E-state index contributed by atoms with van der Waals surface area (Å²) in [6.07, 6.45) is -4.81. The van der Waals surface area contributed by atoms with Crippen LogP contribution in [0.3, 0.4) is 0 Å². The van der Waals surface area contributed by atoms with Gasteiger partial charge in [0.15, 0.2) is 0 Å². The number of nitrogens with two attached hydrogens (primary N) is 1. The van der Waals surface area contributed by atoms with Crippen molar-refractivity contribution < 1.29 is 22.0 Å². The molecule has 0 spiro atoms. The zero-order valence-corrected chi connectivity index (χ0v) is 9.19. The number of nitrogens with zero attached hydrogens (tertiary/aromatic N) is 1. The van der Waals surface area contributed by atoms with E-state index in [0.29, 0.717) is 4.60 Å². The van der Waals surface area contributed by atoms with Crippen LogP contribution in [0.1, 0.15) is 11.6 Å². The lowest BCUT2D eigenvalue weighted by molar-refractivity contribution is -0.291. The van der Waals surface area contributed by atoms with Gasteiger partial charge in [-0.1, -0.05) is 6.07 Å². The average molecular weight is 305 g/mol. The molecule has 0 radical (unpaired) electrons. The van der Waals surface area contributed by atoms with Crippen LogP contribution >= 0.6 is 15.9 Å². The van der Waals surface area contributed by atoms with Gasteiger partial charge < -0.3 is 5.73 Å². The Hall–Kier alpha value is -0.760. The summed E-state index contributed by atoms with van der Waals surface area (Å²) in [5, 5.41) is 0. The van der Waals surface area contributed by atoms with E-state index in [9.17, 15) is 22.0 Å². The van der Waals surface area contributed by atoms with Gasteiger partial charge in [-0.2, -0.15) is 22.0 Å². The number of alkyl halides is 5. The molecule has 0 amide bonds. The highest BCUT2D eigenvalue weighted by molar-refractivity contribution is 9.10. The first-order valence-electron chi connectivity index (χ1n) is 3.98. The van der Waals surface area contributed by atoms with Crippen molar-refractivity contribution in [3.05, 3.63) is 28.5 Å². The van der Waals surface area contributed by atoms with Crippen molar-refractivity contribution >= 4 is 15.9 Å². The van der Waals surface area contributed by atoms with Gasteiger partial charge >= 0.3 is 12.1 Å². The molecule has 0 aliphatic carbocycles. The van der Waals surface area contributed by atoms with Crippen molar-refractivity contribution in [3.63, 3.8) is 0 Å². The molecule has 2 N–H and O–H groups in total. The first-order chi connectivity index (χ1) is 7.16. The van der Waals surface area contributed by atoms with Crippen molar-refractivity contribution in [2.45, 2.75) is 18.1 Å². The molecule has 1 aromatic heterocycles. The predicted octanol–water partition coefficient (Wildman–Crippen LogP) is 3.04. The van der Waals surface area contributed by atoms with Crippen molar-refractivity contribution in [2.75, 3.05) is 0 Å². The summed E-state index contributed by atoms with van der Waals surface area (Å²) >= 11 is 2.92. The van der Waals surface area contributed by atoms with Gasteiger partial charge in [-0.15, -0.1) is 0 Å². The largest absolute Gasteiger partial charge is 0.455 e. The van der Waals surface area contributed by atoms with Crippen LogP contribution in [0.15, 0.2) is 22.9 Å². The molecule has 90 valence electrons. The Balaban J connectivity index is 3.02. The lowest BCUT2D eigenvalue weighted by Gasteiger charge is -2.25. The summed E-state index contributed by atoms with van der Waals surface area (Å²) in [5.74, 6) is -4.98. The van der Waals surface area contributed by atoms with E-state index in [4.69, 9.17) is 5.73 Å². The molecule has 8 heteroatoms. The van der Waals surface area contributed by atoms with Crippen LogP contribution in [-0.2, 0) is 0 Å². The fourth-order valence-corrected chi connectivity index (χ4v) is 1.19. The van der Waals surface area contributed by atoms with Crippen LogP contribution in [-0.4, -0.2) is 17.1 Å². The molecule has 1 aromatic rings. The number of hydrogen-bond acceptors (Lipinski definition) is 2. The van der Waals surface area contributed by atoms with Gasteiger partial charge in [0.25, 0.3) is 0 Å². The van der Waals surface area contributed by atoms with Crippen LogP contribution in [0.4, 0.5) is 22.0 Å². The maximum absolute atomic E-state index is 12.8. The van der Waals surface area contributed by atoms with E-state index in [0.717, 1.165) is 12.3 Å². The summed E-state index contributed by atoms with van der Waals surface area (Å²) in [5.41, 5.74) is 4.50. The van der Waals surface area contributed by atoms with Gasteiger partial charge in [0.1, 0.15) is 10.6 Å².